The molecule has 0 saturated carbocycles. The van der Waals surface area contributed by atoms with E-state index < -0.39 is 5.91 Å². The first-order valence-corrected chi connectivity index (χ1v) is 8.92. The van der Waals surface area contributed by atoms with Gasteiger partial charge in [0.1, 0.15) is 5.71 Å². The summed E-state index contributed by atoms with van der Waals surface area (Å²) in [5.41, 5.74) is 2.47. The molecule has 0 aliphatic carbocycles. The maximum absolute atomic E-state index is 12.5. The molecule has 1 saturated heterocycles. The lowest BCUT2D eigenvalue weighted by Gasteiger charge is -2.13. The van der Waals surface area contributed by atoms with Crippen LogP contribution in [0.25, 0.3) is 0 Å². The van der Waals surface area contributed by atoms with E-state index in [9.17, 15) is 9.59 Å². The summed E-state index contributed by atoms with van der Waals surface area (Å²) in [6.07, 6.45) is 2.00. The topological polar surface area (TPSA) is 113 Å². The summed E-state index contributed by atoms with van der Waals surface area (Å²) in [6.45, 7) is 3.39. The Hall–Kier alpha value is -3.23. The molecule has 1 fully saturated rings. The van der Waals surface area contributed by atoms with Crippen LogP contribution in [0.4, 0.5) is 5.82 Å². The van der Waals surface area contributed by atoms with E-state index in [0.717, 1.165) is 24.0 Å². The van der Waals surface area contributed by atoms with Gasteiger partial charge in [-0.15, -0.1) is 10.2 Å². The Kier molecular flexibility index (Phi) is 4.57. The smallest absolute Gasteiger partial charge is 0.278 e. The molecule has 2 aliphatic heterocycles. The number of rotatable bonds is 4. The summed E-state index contributed by atoms with van der Waals surface area (Å²) >= 11 is 0. The van der Waals surface area contributed by atoms with Crippen LogP contribution in [0.2, 0.25) is 0 Å². The fourth-order valence-electron chi connectivity index (χ4n) is 3.19. The molecule has 0 bridgehead atoms. The first kappa shape index (κ1) is 17.2. The van der Waals surface area contributed by atoms with Crippen LogP contribution in [0, 0.1) is 6.92 Å². The van der Waals surface area contributed by atoms with Gasteiger partial charge in [-0.2, -0.15) is 5.21 Å². The van der Waals surface area contributed by atoms with Crippen molar-refractivity contribution < 1.29 is 14.4 Å². The molecule has 9 heteroatoms. The Labute approximate surface area is 155 Å². The summed E-state index contributed by atoms with van der Waals surface area (Å²) < 4.78 is 0. The molecule has 9 nitrogen and oxygen atoms in total. The number of anilines is 1. The molecule has 27 heavy (non-hydrogen) atoms. The van der Waals surface area contributed by atoms with Crippen molar-refractivity contribution >= 4 is 23.3 Å². The van der Waals surface area contributed by atoms with E-state index in [4.69, 9.17) is 4.84 Å². The number of nitrogens with zero attached hydrogens (tertiary/aromatic N) is 4. The Morgan fingerprint density at radius 3 is 2.67 bits per heavy atom. The van der Waals surface area contributed by atoms with Gasteiger partial charge < -0.3 is 15.1 Å². The second-order valence-corrected chi connectivity index (χ2v) is 6.72. The standard InChI is InChI=1S/C18H20N6O3/c1-11-4-6-12(7-5-11)14-10-13(22-27-14)17(25)19-16-15(20-23-21-16)18(26)24-8-2-3-9-24/h4-7,14H,2-3,8-10H2,1H3,(H2,19,20,21,23,25). The van der Waals surface area contributed by atoms with Gasteiger partial charge in [-0.25, -0.2) is 0 Å². The van der Waals surface area contributed by atoms with Crippen molar-refractivity contribution in [3.63, 3.8) is 0 Å². The second-order valence-electron chi connectivity index (χ2n) is 6.72. The minimum atomic E-state index is -0.450. The number of hydrogen-bond donors (Lipinski definition) is 2. The van der Waals surface area contributed by atoms with Crippen LogP contribution >= 0.6 is 0 Å². The minimum absolute atomic E-state index is 0.110. The van der Waals surface area contributed by atoms with Crippen LogP contribution in [-0.4, -0.2) is 50.9 Å². The zero-order valence-corrected chi connectivity index (χ0v) is 14.9. The van der Waals surface area contributed by atoms with Crippen molar-refractivity contribution in [1.29, 1.82) is 0 Å². The molecule has 3 heterocycles. The van der Waals surface area contributed by atoms with Crippen molar-refractivity contribution in [1.82, 2.24) is 20.3 Å². The van der Waals surface area contributed by atoms with Crippen molar-refractivity contribution in [2.75, 3.05) is 18.4 Å². The number of carbonyl (C=O) groups excluding carboxylic acids is 2. The highest BCUT2D eigenvalue weighted by Crippen LogP contribution is 2.28. The fraction of sp³-hybridized carbons (Fsp3) is 0.389. The SMILES string of the molecule is Cc1ccc(C2CC(C(=O)Nc3n[nH]nc3C(=O)N3CCCC3)=NO2)cc1. The fourth-order valence-corrected chi connectivity index (χ4v) is 3.19. The molecule has 2 amide bonds. The summed E-state index contributed by atoms with van der Waals surface area (Å²) in [5, 5.41) is 16.7. The lowest BCUT2D eigenvalue weighted by molar-refractivity contribution is -0.110. The minimum Gasteiger partial charge on any atom is -0.387 e. The molecule has 0 spiro atoms. The molecule has 140 valence electrons. The van der Waals surface area contributed by atoms with Gasteiger partial charge in [-0.1, -0.05) is 35.0 Å². The number of aromatic nitrogens is 3. The number of H-pyrrole nitrogens is 1. The van der Waals surface area contributed by atoms with Crippen LogP contribution in [0.1, 0.15) is 47.0 Å². The molecule has 2 N–H and O–H groups in total. The number of hydrogen-bond acceptors (Lipinski definition) is 6. The predicted molar refractivity (Wildman–Crippen MR) is 97.2 cm³/mol. The van der Waals surface area contributed by atoms with E-state index in [0.29, 0.717) is 19.5 Å². The van der Waals surface area contributed by atoms with E-state index in [1.54, 1.807) is 4.90 Å². The van der Waals surface area contributed by atoms with Crippen LogP contribution in [0.15, 0.2) is 29.4 Å². The third-order valence-electron chi connectivity index (χ3n) is 4.76. The van der Waals surface area contributed by atoms with E-state index in [-0.39, 0.29) is 29.2 Å². The van der Waals surface area contributed by atoms with Gasteiger partial charge in [0.2, 0.25) is 0 Å². The van der Waals surface area contributed by atoms with Gasteiger partial charge in [0.15, 0.2) is 17.6 Å². The van der Waals surface area contributed by atoms with Gasteiger partial charge in [0.25, 0.3) is 11.8 Å². The lowest BCUT2D eigenvalue weighted by Crippen LogP contribution is -2.30. The monoisotopic (exact) mass is 368 g/mol. The molecule has 2 aromatic rings. The van der Waals surface area contributed by atoms with Gasteiger partial charge in [-0.3, -0.25) is 9.59 Å². The van der Waals surface area contributed by atoms with E-state index >= 15 is 0 Å². The average molecular weight is 368 g/mol. The number of carbonyl (C=O) groups is 2. The quantitative estimate of drug-likeness (QED) is 0.854. The first-order valence-electron chi connectivity index (χ1n) is 8.92. The largest absolute Gasteiger partial charge is 0.387 e. The summed E-state index contributed by atoms with van der Waals surface area (Å²) in [7, 11) is 0. The van der Waals surface area contributed by atoms with E-state index in [1.165, 1.54) is 0 Å². The predicted octanol–water partition coefficient (Wildman–Crippen LogP) is 1.81. The zero-order chi connectivity index (χ0) is 18.8. The number of oxime groups is 1. The highest BCUT2D eigenvalue weighted by atomic mass is 16.6. The van der Waals surface area contributed by atoms with E-state index in [1.807, 2.05) is 31.2 Å². The average Bonchev–Trinajstić information content (AvgIpc) is 3.43. The third-order valence-corrected chi connectivity index (χ3v) is 4.76. The van der Waals surface area contributed by atoms with Gasteiger partial charge in [0.05, 0.1) is 0 Å². The Balaban J connectivity index is 1.41. The highest BCUT2D eigenvalue weighted by molar-refractivity contribution is 6.43. The van der Waals surface area contributed by atoms with Crippen LogP contribution < -0.4 is 5.32 Å². The number of nitrogens with one attached hydrogen (secondary N) is 2. The number of aromatic amines is 1. The van der Waals surface area contributed by atoms with Crippen LogP contribution in [0.3, 0.4) is 0 Å². The molecule has 4 rings (SSSR count). The third kappa shape index (κ3) is 3.53. The van der Waals surface area contributed by atoms with Crippen molar-refractivity contribution in [3.8, 4) is 0 Å². The maximum Gasteiger partial charge on any atom is 0.278 e. The molecule has 2 aliphatic rings. The first-order chi connectivity index (χ1) is 13.1. The van der Waals surface area contributed by atoms with Gasteiger partial charge in [0, 0.05) is 19.5 Å². The Morgan fingerprint density at radius 1 is 1.19 bits per heavy atom. The number of benzene rings is 1. The van der Waals surface area contributed by atoms with Crippen LogP contribution in [0.5, 0.6) is 0 Å². The molecular formula is C18H20N6O3. The Morgan fingerprint density at radius 2 is 1.93 bits per heavy atom. The molecular weight excluding hydrogens is 348 g/mol. The Bertz CT molecular complexity index is 883. The number of likely N-dealkylation sites (tertiary alicyclic amines) is 1. The normalized spacial score (nSPS) is 18.9. The van der Waals surface area contributed by atoms with Crippen LogP contribution in [-0.2, 0) is 9.63 Å². The summed E-state index contributed by atoms with van der Waals surface area (Å²) in [6, 6.07) is 7.90. The zero-order valence-electron chi connectivity index (χ0n) is 14.9. The summed E-state index contributed by atoms with van der Waals surface area (Å²) in [4.78, 5) is 32.1. The number of aryl methyl sites for hydroxylation is 1. The van der Waals surface area contributed by atoms with Gasteiger partial charge in [-0.05, 0) is 25.3 Å². The second kappa shape index (κ2) is 7.18. The maximum atomic E-state index is 12.5. The summed E-state index contributed by atoms with van der Waals surface area (Å²) in [5.74, 6) is -0.578. The number of amides is 2. The van der Waals surface area contributed by atoms with E-state index in [2.05, 4.69) is 25.9 Å². The lowest BCUT2D eigenvalue weighted by atomic mass is 10.0. The molecule has 0 radical (unpaired) electrons. The van der Waals surface area contributed by atoms with Crippen molar-refractivity contribution in [2.45, 2.75) is 32.3 Å². The van der Waals surface area contributed by atoms with Gasteiger partial charge >= 0.3 is 0 Å². The molecule has 1 unspecified atom stereocenters. The molecule has 1 aromatic heterocycles. The van der Waals surface area contributed by atoms with Crippen molar-refractivity contribution in [3.05, 3.63) is 41.1 Å². The highest BCUT2D eigenvalue weighted by Gasteiger charge is 2.30. The van der Waals surface area contributed by atoms with Crippen molar-refractivity contribution in [2.24, 2.45) is 5.16 Å². The molecule has 1 aromatic carbocycles. The molecule has 1 atom stereocenters.